The van der Waals surface area contributed by atoms with Crippen LogP contribution in [0.3, 0.4) is 0 Å². The Balaban J connectivity index is 2.39. The molecular weight excluding hydrogens is 326 g/mol. The van der Waals surface area contributed by atoms with Crippen molar-refractivity contribution in [2.24, 2.45) is 0 Å². The Kier molecular flexibility index (Phi) is 4.28. The van der Waals surface area contributed by atoms with Crippen molar-refractivity contribution in [3.8, 4) is 6.07 Å². The SMILES string of the molecule is CC(C)c1nn(Cc2cccc(Br)c2)c(Cl)c1C#N. The van der Waals surface area contributed by atoms with E-state index in [1.165, 1.54) is 0 Å². The number of hydrogen-bond donors (Lipinski definition) is 0. The molecule has 0 N–H and O–H groups in total. The van der Waals surface area contributed by atoms with Crippen LogP contribution in [0, 0.1) is 11.3 Å². The molecule has 1 aromatic heterocycles. The van der Waals surface area contributed by atoms with Gasteiger partial charge in [-0.1, -0.05) is 53.5 Å². The molecule has 19 heavy (non-hydrogen) atoms. The minimum atomic E-state index is 0.177. The zero-order chi connectivity index (χ0) is 14.0. The first-order valence-corrected chi connectivity index (χ1v) is 7.10. The van der Waals surface area contributed by atoms with Gasteiger partial charge in [0.1, 0.15) is 16.8 Å². The van der Waals surface area contributed by atoms with Crippen molar-refractivity contribution in [2.45, 2.75) is 26.3 Å². The molecule has 0 atom stereocenters. The summed E-state index contributed by atoms with van der Waals surface area (Å²) in [4.78, 5) is 0. The summed E-state index contributed by atoms with van der Waals surface area (Å²) >= 11 is 9.67. The van der Waals surface area contributed by atoms with E-state index in [-0.39, 0.29) is 5.92 Å². The van der Waals surface area contributed by atoms with E-state index in [1.807, 2.05) is 38.1 Å². The molecule has 2 aromatic rings. The molecule has 0 aliphatic rings. The summed E-state index contributed by atoms with van der Waals surface area (Å²) in [5.74, 6) is 0.177. The van der Waals surface area contributed by atoms with Crippen LogP contribution in [0.5, 0.6) is 0 Å². The van der Waals surface area contributed by atoms with Gasteiger partial charge in [-0.2, -0.15) is 10.4 Å². The highest BCUT2D eigenvalue weighted by atomic mass is 79.9. The Bertz CT molecular complexity index is 641. The van der Waals surface area contributed by atoms with Crippen LogP contribution < -0.4 is 0 Å². The average molecular weight is 339 g/mol. The number of hydrogen-bond acceptors (Lipinski definition) is 2. The smallest absolute Gasteiger partial charge is 0.145 e. The number of aromatic nitrogens is 2. The van der Waals surface area contributed by atoms with Crippen molar-refractivity contribution in [3.05, 3.63) is 50.7 Å². The lowest BCUT2D eigenvalue weighted by Crippen LogP contribution is -2.03. The third-order valence-electron chi connectivity index (χ3n) is 2.80. The topological polar surface area (TPSA) is 41.6 Å². The van der Waals surface area contributed by atoms with Gasteiger partial charge in [0.05, 0.1) is 12.2 Å². The largest absolute Gasteiger partial charge is 0.248 e. The molecule has 1 aromatic carbocycles. The second kappa shape index (κ2) is 5.77. The summed E-state index contributed by atoms with van der Waals surface area (Å²) < 4.78 is 2.69. The average Bonchev–Trinajstić information content (AvgIpc) is 2.66. The molecule has 3 nitrogen and oxygen atoms in total. The van der Waals surface area contributed by atoms with Crippen LogP contribution in [0.4, 0.5) is 0 Å². The predicted molar refractivity (Wildman–Crippen MR) is 79.3 cm³/mol. The van der Waals surface area contributed by atoms with Crippen LogP contribution in [-0.4, -0.2) is 9.78 Å². The van der Waals surface area contributed by atoms with E-state index in [1.54, 1.807) is 4.68 Å². The summed E-state index contributed by atoms with van der Waals surface area (Å²) in [6, 6.07) is 10.1. The summed E-state index contributed by atoms with van der Waals surface area (Å²) in [7, 11) is 0. The molecule has 0 bridgehead atoms. The minimum absolute atomic E-state index is 0.177. The molecule has 0 unspecified atom stereocenters. The maximum Gasteiger partial charge on any atom is 0.145 e. The molecule has 5 heteroatoms. The zero-order valence-electron chi connectivity index (χ0n) is 10.7. The van der Waals surface area contributed by atoms with Gasteiger partial charge in [-0.3, -0.25) is 0 Å². The lowest BCUT2D eigenvalue weighted by molar-refractivity contribution is 0.657. The van der Waals surface area contributed by atoms with Crippen LogP contribution in [0.15, 0.2) is 28.7 Å². The second-order valence-electron chi connectivity index (χ2n) is 4.61. The molecule has 0 radical (unpaired) electrons. The number of halogens is 2. The molecule has 0 aliphatic carbocycles. The van der Waals surface area contributed by atoms with E-state index < -0.39 is 0 Å². The first kappa shape index (κ1) is 14.1. The Labute approximate surface area is 125 Å². The molecule has 1 heterocycles. The van der Waals surface area contributed by atoms with Gasteiger partial charge in [0.15, 0.2) is 0 Å². The third kappa shape index (κ3) is 2.99. The highest BCUT2D eigenvalue weighted by Crippen LogP contribution is 2.26. The summed E-state index contributed by atoms with van der Waals surface area (Å²) in [5, 5.41) is 14.0. The maximum absolute atomic E-state index is 9.18. The van der Waals surface area contributed by atoms with Crippen molar-refractivity contribution >= 4 is 27.5 Å². The van der Waals surface area contributed by atoms with Crippen molar-refractivity contribution < 1.29 is 0 Å². The highest BCUT2D eigenvalue weighted by Gasteiger charge is 2.18. The Morgan fingerprint density at radius 1 is 1.47 bits per heavy atom. The molecule has 0 saturated carbocycles. The zero-order valence-corrected chi connectivity index (χ0v) is 13.0. The van der Waals surface area contributed by atoms with Gasteiger partial charge in [-0.05, 0) is 23.6 Å². The van der Waals surface area contributed by atoms with Gasteiger partial charge in [0, 0.05) is 4.47 Å². The molecule has 0 spiro atoms. The summed E-state index contributed by atoms with van der Waals surface area (Å²) in [6.45, 7) is 4.56. The standard InChI is InChI=1S/C14H13BrClN3/c1-9(2)13-12(7-17)14(16)19(18-13)8-10-4-3-5-11(15)6-10/h3-6,9H,8H2,1-2H3. The lowest BCUT2D eigenvalue weighted by atomic mass is 10.1. The normalized spacial score (nSPS) is 10.7. The second-order valence-corrected chi connectivity index (χ2v) is 5.88. The first-order valence-electron chi connectivity index (χ1n) is 5.93. The van der Waals surface area contributed by atoms with E-state index in [0.29, 0.717) is 17.3 Å². The van der Waals surface area contributed by atoms with Crippen molar-refractivity contribution in [3.63, 3.8) is 0 Å². The van der Waals surface area contributed by atoms with Gasteiger partial charge < -0.3 is 0 Å². The van der Waals surface area contributed by atoms with E-state index in [4.69, 9.17) is 11.6 Å². The molecule has 0 fully saturated rings. The Morgan fingerprint density at radius 3 is 2.74 bits per heavy atom. The molecular formula is C14H13BrClN3. The van der Waals surface area contributed by atoms with E-state index in [2.05, 4.69) is 27.1 Å². The van der Waals surface area contributed by atoms with Gasteiger partial charge in [0.25, 0.3) is 0 Å². The van der Waals surface area contributed by atoms with Gasteiger partial charge in [0.2, 0.25) is 0 Å². The van der Waals surface area contributed by atoms with Gasteiger partial charge >= 0.3 is 0 Å². The van der Waals surface area contributed by atoms with Crippen LogP contribution in [0.1, 0.15) is 36.6 Å². The molecule has 0 aliphatic heterocycles. The number of rotatable bonds is 3. The summed E-state index contributed by atoms with van der Waals surface area (Å²) in [6.07, 6.45) is 0. The van der Waals surface area contributed by atoms with Crippen LogP contribution in [-0.2, 0) is 6.54 Å². The van der Waals surface area contributed by atoms with Crippen LogP contribution in [0.25, 0.3) is 0 Å². The summed E-state index contributed by atoms with van der Waals surface area (Å²) in [5.41, 5.74) is 2.31. The lowest BCUT2D eigenvalue weighted by Gasteiger charge is -2.04. The molecule has 0 saturated heterocycles. The fourth-order valence-corrected chi connectivity index (χ4v) is 2.56. The maximum atomic E-state index is 9.18. The van der Waals surface area contributed by atoms with E-state index in [9.17, 15) is 5.26 Å². The molecule has 0 amide bonds. The predicted octanol–water partition coefficient (Wildman–Crippen LogP) is 4.34. The van der Waals surface area contributed by atoms with Crippen LogP contribution >= 0.6 is 27.5 Å². The highest BCUT2D eigenvalue weighted by molar-refractivity contribution is 9.10. The van der Waals surface area contributed by atoms with Gasteiger partial charge in [-0.25, -0.2) is 4.68 Å². The number of benzene rings is 1. The monoisotopic (exact) mass is 337 g/mol. The first-order chi connectivity index (χ1) is 9.02. The van der Waals surface area contributed by atoms with Crippen molar-refractivity contribution in [1.82, 2.24) is 9.78 Å². The van der Waals surface area contributed by atoms with Crippen molar-refractivity contribution in [2.75, 3.05) is 0 Å². The Hall–Kier alpha value is -1.31. The fraction of sp³-hybridized carbons (Fsp3) is 0.286. The van der Waals surface area contributed by atoms with Crippen LogP contribution in [0.2, 0.25) is 5.15 Å². The Morgan fingerprint density at radius 2 is 2.21 bits per heavy atom. The fourth-order valence-electron chi connectivity index (χ4n) is 1.88. The quantitative estimate of drug-likeness (QED) is 0.835. The van der Waals surface area contributed by atoms with Gasteiger partial charge in [-0.15, -0.1) is 0 Å². The van der Waals surface area contributed by atoms with E-state index >= 15 is 0 Å². The minimum Gasteiger partial charge on any atom is -0.248 e. The van der Waals surface area contributed by atoms with Crippen molar-refractivity contribution in [1.29, 1.82) is 5.26 Å². The molecule has 98 valence electrons. The number of nitrogens with zero attached hydrogens (tertiary/aromatic N) is 3. The molecule has 2 rings (SSSR count). The van der Waals surface area contributed by atoms with E-state index in [0.717, 1.165) is 15.7 Å². The number of nitriles is 1. The third-order valence-corrected chi connectivity index (χ3v) is 3.67.